The molecule has 1 aliphatic rings. The number of carbonyl (C=O) groups excluding carboxylic acids is 2. The first-order valence-corrected chi connectivity index (χ1v) is 6.90. The van der Waals surface area contributed by atoms with Crippen LogP contribution >= 0.6 is 0 Å². The van der Waals surface area contributed by atoms with Crippen LogP contribution in [0.2, 0.25) is 0 Å². The monoisotopic (exact) mass is 276 g/mol. The molecule has 1 aromatic carbocycles. The fourth-order valence-electron chi connectivity index (χ4n) is 2.40. The van der Waals surface area contributed by atoms with E-state index in [1.807, 2.05) is 31.2 Å². The van der Waals surface area contributed by atoms with E-state index in [1.165, 1.54) is 0 Å². The van der Waals surface area contributed by atoms with Gasteiger partial charge in [-0.3, -0.25) is 9.59 Å². The van der Waals surface area contributed by atoms with E-state index in [2.05, 4.69) is 5.32 Å². The van der Waals surface area contributed by atoms with Crippen LogP contribution in [0.25, 0.3) is 0 Å². The number of anilines is 1. The summed E-state index contributed by atoms with van der Waals surface area (Å²) in [4.78, 5) is 25.5. The zero-order chi connectivity index (χ0) is 14.5. The maximum absolute atomic E-state index is 12.0. The van der Waals surface area contributed by atoms with E-state index in [-0.39, 0.29) is 31.0 Å². The summed E-state index contributed by atoms with van der Waals surface area (Å²) in [7, 11) is 0. The Balaban J connectivity index is 2.05. The summed E-state index contributed by atoms with van der Waals surface area (Å²) in [6.07, 6.45) is 1.68. The van der Waals surface area contributed by atoms with Gasteiger partial charge in [-0.25, -0.2) is 0 Å². The van der Waals surface area contributed by atoms with Gasteiger partial charge in [-0.1, -0.05) is 18.2 Å². The highest BCUT2D eigenvalue weighted by molar-refractivity contribution is 6.01. The molecule has 0 saturated carbocycles. The Labute approximate surface area is 118 Å². The van der Waals surface area contributed by atoms with E-state index < -0.39 is 0 Å². The van der Waals surface area contributed by atoms with Crippen LogP contribution < -0.4 is 10.2 Å². The molecule has 1 unspecified atom stereocenters. The zero-order valence-electron chi connectivity index (χ0n) is 11.6. The van der Waals surface area contributed by atoms with Crippen molar-refractivity contribution in [2.24, 2.45) is 0 Å². The molecule has 1 aliphatic heterocycles. The molecule has 0 bridgehead atoms. The maximum atomic E-state index is 12.0. The van der Waals surface area contributed by atoms with Crippen LogP contribution in [0.5, 0.6) is 0 Å². The number of nitrogens with zero attached hydrogens (tertiary/aromatic N) is 1. The summed E-state index contributed by atoms with van der Waals surface area (Å²) in [5.74, 6) is -0.218. The van der Waals surface area contributed by atoms with Crippen molar-refractivity contribution in [3.8, 4) is 0 Å². The second-order valence-electron chi connectivity index (χ2n) is 5.09. The summed E-state index contributed by atoms with van der Waals surface area (Å²) in [6, 6.07) is 7.58. The minimum absolute atomic E-state index is 0.0198. The summed E-state index contributed by atoms with van der Waals surface area (Å²) >= 11 is 0. The number of hydrogen-bond acceptors (Lipinski definition) is 3. The molecule has 1 atom stereocenters. The van der Waals surface area contributed by atoms with Crippen LogP contribution in [0, 0.1) is 0 Å². The lowest BCUT2D eigenvalue weighted by Crippen LogP contribution is -2.45. The smallest absolute Gasteiger partial charge is 0.240 e. The molecule has 0 spiro atoms. The fourth-order valence-corrected chi connectivity index (χ4v) is 2.40. The van der Waals surface area contributed by atoms with Crippen molar-refractivity contribution in [3.63, 3.8) is 0 Å². The second-order valence-corrected chi connectivity index (χ2v) is 5.09. The molecular weight excluding hydrogens is 256 g/mol. The van der Waals surface area contributed by atoms with Crippen molar-refractivity contribution in [2.45, 2.75) is 32.2 Å². The minimum atomic E-state index is -0.198. The van der Waals surface area contributed by atoms with E-state index >= 15 is 0 Å². The van der Waals surface area contributed by atoms with E-state index in [1.54, 1.807) is 4.90 Å². The molecule has 5 nitrogen and oxygen atoms in total. The lowest BCUT2D eigenvalue weighted by Gasteiger charge is -2.29. The Hall–Kier alpha value is -1.88. The molecule has 2 amide bonds. The van der Waals surface area contributed by atoms with Gasteiger partial charge in [0.05, 0.1) is 0 Å². The van der Waals surface area contributed by atoms with Crippen molar-refractivity contribution in [1.82, 2.24) is 5.32 Å². The highest BCUT2D eigenvalue weighted by Crippen LogP contribution is 2.26. The lowest BCUT2D eigenvalue weighted by atomic mass is 10.0. The molecule has 1 aromatic rings. The number of nitrogens with one attached hydrogen (secondary N) is 1. The molecule has 2 N–H and O–H groups in total. The van der Waals surface area contributed by atoms with Crippen LogP contribution in [-0.2, 0) is 16.0 Å². The molecule has 0 radical (unpaired) electrons. The third kappa shape index (κ3) is 3.36. The van der Waals surface area contributed by atoms with Crippen molar-refractivity contribution in [3.05, 3.63) is 29.8 Å². The maximum Gasteiger partial charge on any atom is 0.240 e. The Morgan fingerprint density at radius 3 is 2.90 bits per heavy atom. The van der Waals surface area contributed by atoms with E-state index in [0.29, 0.717) is 12.8 Å². The first-order chi connectivity index (χ1) is 9.61. The molecule has 2 rings (SSSR count). The number of para-hydroxylation sites is 1. The van der Waals surface area contributed by atoms with Crippen molar-refractivity contribution >= 4 is 17.5 Å². The van der Waals surface area contributed by atoms with Gasteiger partial charge < -0.3 is 15.3 Å². The van der Waals surface area contributed by atoms with Crippen LogP contribution in [0.1, 0.15) is 25.3 Å². The standard InChI is InChI=1S/C15H20N2O3/c1-11(8-9-18)16-14(19)10-17-13-5-3-2-4-12(13)6-7-15(17)20/h2-5,11,18H,6-10H2,1H3,(H,16,19). The predicted octanol–water partition coefficient (Wildman–Crippen LogP) is 0.853. The molecule has 0 saturated heterocycles. The highest BCUT2D eigenvalue weighted by atomic mass is 16.3. The van der Waals surface area contributed by atoms with Gasteiger partial charge in [0.1, 0.15) is 6.54 Å². The van der Waals surface area contributed by atoms with Crippen LogP contribution in [-0.4, -0.2) is 36.1 Å². The predicted molar refractivity (Wildman–Crippen MR) is 76.4 cm³/mol. The van der Waals surface area contributed by atoms with Gasteiger partial charge in [0, 0.05) is 24.8 Å². The van der Waals surface area contributed by atoms with E-state index in [4.69, 9.17) is 5.11 Å². The molecule has 0 aliphatic carbocycles. The Morgan fingerprint density at radius 1 is 1.40 bits per heavy atom. The minimum Gasteiger partial charge on any atom is -0.396 e. The van der Waals surface area contributed by atoms with Gasteiger partial charge in [0.2, 0.25) is 11.8 Å². The number of rotatable bonds is 5. The van der Waals surface area contributed by atoms with Gasteiger partial charge in [0.25, 0.3) is 0 Å². The molecule has 1 heterocycles. The van der Waals surface area contributed by atoms with Gasteiger partial charge in [-0.2, -0.15) is 0 Å². The van der Waals surface area contributed by atoms with Gasteiger partial charge in [0.15, 0.2) is 0 Å². The first kappa shape index (κ1) is 14.5. The summed E-state index contributed by atoms with van der Waals surface area (Å²) < 4.78 is 0. The quantitative estimate of drug-likeness (QED) is 0.838. The van der Waals surface area contributed by atoms with Crippen molar-refractivity contribution < 1.29 is 14.7 Å². The van der Waals surface area contributed by atoms with E-state index in [0.717, 1.165) is 17.7 Å². The number of aliphatic hydroxyl groups is 1. The van der Waals surface area contributed by atoms with Gasteiger partial charge >= 0.3 is 0 Å². The SMILES string of the molecule is CC(CCO)NC(=O)CN1C(=O)CCc2ccccc21. The van der Waals surface area contributed by atoms with Crippen molar-refractivity contribution in [2.75, 3.05) is 18.1 Å². The average Bonchev–Trinajstić information content (AvgIpc) is 2.42. The third-order valence-electron chi connectivity index (χ3n) is 3.46. The van der Waals surface area contributed by atoms with Gasteiger partial charge in [-0.15, -0.1) is 0 Å². The number of benzene rings is 1. The third-order valence-corrected chi connectivity index (χ3v) is 3.46. The number of fused-ring (bicyclic) bond motifs is 1. The molecule has 0 aromatic heterocycles. The molecule has 0 fully saturated rings. The Morgan fingerprint density at radius 2 is 2.15 bits per heavy atom. The van der Waals surface area contributed by atoms with Crippen LogP contribution in [0.4, 0.5) is 5.69 Å². The largest absolute Gasteiger partial charge is 0.396 e. The average molecular weight is 276 g/mol. The second kappa shape index (κ2) is 6.52. The number of aliphatic hydroxyl groups excluding tert-OH is 1. The summed E-state index contributed by atoms with van der Waals surface area (Å²) in [5, 5.41) is 11.6. The number of hydrogen-bond donors (Lipinski definition) is 2. The molecule has 5 heteroatoms. The van der Waals surface area contributed by atoms with Crippen LogP contribution in [0.3, 0.4) is 0 Å². The number of carbonyl (C=O) groups is 2. The Bertz CT molecular complexity index is 502. The fraction of sp³-hybridized carbons (Fsp3) is 0.467. The van der Waals surface area contributed by atoms with Crippen molar-refractivity contribution in [1.29, 1.82) is 0 Å². The lowest BCUT2D eigenvalue weighted by molar-refractivity contribution is -0.124. The topological polar surface area (TPSA) is 69.6 Å². The number of amides is 2. The zero-order valence-corrected chi connectivity index (χ0v) is 11.6. The molecular formula is C15H20N2O3. The van der Waals surface area contributed by atoms with Crippen LogP contribution in [0.15, 0.2) is 24.3 Å². The highest BCUT2D eigenvalue weighted by Gasteiger charge is 2.25. The molecule has 108 valence electrons. The summed E-state index contributed by atoms with van der Waals surface area (Å²) in [5.41, 5.74) is 1.93. The number of aryl methyl sites for hydroxylation is 1. The van der Waals surface area contributed by atoms with Gasteiger partial charge in [-0.05, 0) is 31.4 Å². The van der Waals surface area contributed by atoms with E-state index in [9.17, 15) is 9.59 Å². The normalized spacial score (nSPS) is 15.7. The molecule has 20 heavy (non-hydrogen) atoms. The summed E-state index contributed by atoms with van der Waals surface area (Å²) in [6.45, 7) is 1.90. The Kier molecular flexibility index (Phi) is 4.74. The first-order valence-electron chi connectivity index (χ1n) is 6.90.